The molecule has 22 nitrogen and oxygen atoms in total. The number of amides is 1. The number of hydrogen-bond acceptors (Lipinski definition) is 20. The molecule has 6 aromatic heterocycles. The van der Waals surface area contributed by atoms with Gasteiger partial charge in [0.25, 0.3) is 0 Å². The Hall–Kier alpha value is -10.6. The van der Waals surface area contributed by atoms with E-state index < -0.39 is 58.6 Å². The van der Waals surface area contributed by atoms with Crippen molar-refractivity contribution in [2.75, 3.05) is 39.4 Å². The third-order valence-electron chi connectivity index (χ3n) is 24.4. The van der Waals surface area contributed by atoms with Crippen LogP contribution < -0.4 is 0 Å². The maximum Gasteiger partial charge on any atom is 0.410 e. The van der Waals surface area contributed by atoms with Crippen LogP contribution in [0.1, 0.15) is 217 Å². The van der Waals surface area contributed by atoms with E-state index in [1.54, 1.807) is 45.8 Å². The van der Waals surface area contributed by atoms with Gasteiger partial charge < -0.3 is 38.4 Å². The third kappa shape index (κ3) is 20.3. The highest BCUT2D eigenvalue weighted by Gasteiger charge is 2.41. The molecule has 0 unspecified atom stereocenters. The van der Waals surface area contributed by atoms with E-state index in [2.05, 4.69) is 79.4 Å². The number of aliphatic carboxylic acids is 1. The van der Waals surface area contributed by atoms with E-state index in [-0.39, 0.29) is 25.2 Å². The van der Waals surface area contributed by atoms with Crippen LogP contribution in [0, 0.1) is 20.8 Å². The minimum atomic E-state index is -1.15. The summed E-state index contributed by atoms with van der Waals surface area (Å²) < 4.78 is 44.4. The highest BCUT2D eigenvalue weighted by molar-refractivity contribution is 7.23. The number of hydrogen-bond donors (Lipinski definition) is 1. The summed E-state index contributed by atoms with van der Waals surface area (Å²) in [5, 5.41) is 33.0. The summed E-state index contributed by atoms with van der Waals surface area (Å²) in [4.78, 5) is 71.8. The van der Waals surface area contributed by atoms with Gasteiger partial charge in [-0.3, -0.25) is 18.9 Å². The number of esters is 2. The van der Waals surface area contributed by atoms with E-state index >= 15 is 0 Å². The van der Waals surface area contributed by atoms with Crippen LogP contribution in [-0.4, -0.2) is 151 Å². The monoisotopic (exact) mass is 1920 g/mol. The number of aryl methyl sites for hydroxylation is 6. The van der Waals surface area contributed by atoms with Gasteiger partial charge in [0, 0.05) is 152 Å². The normalized spacial score (nSPS) is 15.0. The van der Waals surface area contributed by atoms with Gasteiger partial charge in [-0.1, -0.05) is 77.6 Å². The van der Waals surface area contributed by atoms with Crippen molar-refractivity contribution >= 4 is 156 Å². The van der Waals surface area contributed by atoms with Crippen LogP contribution in [0.15, 0.2) is 146 Å². The van der Waals surface area contributed by atoms with Gasteiger partial charge in [-0.2, -0.15) is 15.3 Å². The molecule has 15 aromatic rings. The average molecular weight is 1920 g/mol. The molecule has 1 saturated carbocycles. The standard InChI is InChI=1S/C38H43ClN4O5S.C34H37ClN4O3S.C34H36ClN3O3S/c1-10-46-35(44)32(47-37(3,4)5)29-21(2)17-27-33(30(29)22-11-14-25(39)15-12-22)49-34(40-27)23-13-16-28-26(18-23)31(41-42(28)9)24-19-43(20-24)36(45)48-38(6,7)8;1-18(2)39-16-22(17-39)29-24-15-21(10-13-26(24)38(7)37-29)32-36-25-14-19(3)27(30(33(40)41)42-34(4,5)6)28(31(25)43-32)20-8-11-23(35)12-9-20;1-7-40-33(39)30(41-34(3,4)5)27-19(2)17-25-31(28(27)20-11-14-23(35)15-12-20)42-32(36-25)22-13-16-26-24(18-22)29(37-38(26)6)21-9-8-10-21/h11-18,24,32H,10,19-20H2,1-9H3;8-15,18,22,30H,16-17H2,1-7H3,(H,40,41);11-18,21,30H,7-10H2,1-6H3/t32-;2*30-/m000/s1. The zero-order valence-electron chi connectivity index (χ0n) is 80.1. The van der Waals surface area contributed by atoms with Gasteiger partial charge in [-0.15, -0.1) is 34.0 Å². The molecule has 3 aliphatic rings. The summed E-state index contributed by atoms with van der Waals surface area (Å²) in [6.07, 6.45) is 0.359. The maximum absolute atomic E-state index is 13.5. The van der Waals surface area contributed by atoms with Crippen LogP contribution in [0.4, 0.5) is 4.79 Å². The molecule has 8 heterocycles. The SMILES string of the molecule is CCOC(=O)[C@@H](OC(C)(C)C)c1c(C)cc2nc(-c3ccc4c(c3)c(C3CCC3)nn4C)sc2c1-c1ccc(Cl)cc1.CCOC(=O)[C@@H](OC(C)(C)C)c1c(C)cc2nc(-c3ccc4c(c3)c(C3CN(C(=O)OC(C)(C)C)C3)nn4C)sc2c1-c1ccc(Cl)cc1.Cc1cc2nc(-c3ccc4c(c3)c(C3CN(C(C)C)C3)nn4C)sc2c(-c2ccc(Cl)cc2)c1[C@H](OC(C)(C)C)C(=O)O. The number of fused-ring (bicyclic) bond motifs is 6. The van der Waals surface area contributed by atoms with Crippen LogP contribution in [-0.2, 0) is 63.9 Å². The maximum atomic E-state index is 13.5. The number of likely N-dealkylation sites (tertiary alicyclic amines) is 2. The van der Waals surface area contributed by atoms with E-state index in [1.807, 2.05) is 231 Å². The van der Waals surface area contributed by atoms with Crippen molar-refractivity contribution in [2.45, 2.75) is 215 Å². The number of aromatic nitrogens is 9. The van der Waals surface area contributed by atoms with Gasteiger partial charge in [0.15, 0.2) is 18.3 Å². The molecule has 134 heavy (non-hydrogen) atoms. The Labute approximate surface area is 809 Å². The minimum Gasteiger partial charge on any atom is -0.479 e. The van der Waals surface area contributed by atoms with Gasteiger partial charge in [0.05, 0.1) is 94.3 Å². The van der Waals surface area contributed by atoms with Crippen molar-refractivity contribution in [3.8, 4) is 65.1 Å². The lowest BCUT2D eigenvalue weighted by atomic mass is 9.82. The predicted octanol–water partition coefficient (Wildman–Crippen LogP) is 26.6. The first-order valence-electron chi connectivity index (χ1n) is 45.7. The van der Waals surface area contributed by atoms with Crippen molar-refractivity contribution in [3.05, 3.63) is 211 Å². The Balaban J connectivity index is 0.000000147. The summed E-state index contributed by atoms with van der Waals surface area (Å²) in [5.41, 5.74) is 19.8. The number of rotatable bonds is 21. The second kappa shape index (κ2) is 38.2. The Morgan fingerprint density at radius 3 is 1.02 bits per heavy atom. The smallest absolute Gasteiger partial charge is 0.410 e. The molecule has 2 aliphatic heterocycles. The number of carbonyl (C=O) groups is 4. The Morgan fingerprint density at radius 1 is 0.425 bits per heavy atom. The molecule has 1 N–H and O–H groups in total. The fourth-order valence-electron chi connectivity index (χ4n) is 18.0. The van der Waals surface area contributed by atoms with Gasteiger partial charge in [-0.25, -0.2) is 34.1 Å². The molecule has 1 aliphatic carbocycles. The summed E-state index contributed by atoms with van der Waals surface area (Å²) >= 11 is 23.6. The molecular formula is C106H116Cl3N11O11S3. The van der Waals surface area contributed by atoms with E-state index in [0.717, 1.165) is 175 Å². The molecule has 0 spiro atoms. The molecule has 18 rings (SSSR count). The fraction of sp³-hybridized carbons (Fsp3) is 0.396. The average Bonchev–Trinajstić information content (AvgIpc) is 1.58. The van der Waals surface area contributed by atoms with Crippen molar-refractivity contribution in [1.82, 2.24) is 54.1 Å². The fourth-order valence-corrected chi connectivity index (χ4v) is 21.7. The molecule has 0 radical (unpaired) electrons. The molecule has 700 valence electrons. The summed E-state index contributed by atoms with van der Waals surface area (Å²) in [6.45, 7) is 40.5. The van der Waals surface area contributed by atoms with Gasteiger partial charge in [0.1, 0.15) is 20.6 Å². The lowest BCUT2D eigenvalue weighted by Gasteiger charge is -2.41. The number of carboxylic acid groups (broad SMARTS) is 1. The van der Waals surface area contributed by atoms with Crippen molar-refractivity contribution < 1.29 is 52.7 Å². The lowest BCUT2D eigenvalue weighted by molar-refractivity contribution is -0.167. The number of carbonyl (C=O) groups excluding carboxylic acids is 3. The number of benzene rings is 9. The van der Waals surface area contributed by atoms with Crippen LogP contribution >= 0.6 is 68.8 Å². The Kier molecular flexibility index (Phi) is 27.5. The molecule has 0 bridgehead atoms. The molecule has 3 atom stereocenters. The number of thiazole rings is 3. The first-order chi connectivity index (χ1) is 63.4. The number of nitrogens with zero attached hydrogens (tertiary/aromatic N) is 11. The molecule has 28 heteroatoms. The quantitative estimate of drug-likeness (QED) is 0.0519. The minimum absolute atomic E-state index is 0.103. The first kappa shape index (κ1) is 96.6. The topological polar surface area (TPSA) is 242 Å². The van der Waals surface area contributed by atoms with Crippen LogP contribution in [0.25, 0.3) is 128 Å². The largest absolute Gasteiger partial charge is 0.479 e. The van der Waals surface area contributed by atoms with Gasteiger partial charge >= 0.3 is 24.0 Å². The van der Waals surface area contributed by atoms with E-state index in [4.69, 9.17) is 93.5 Å². The molecule has 3 fully saturated rings. The van der Waals surface area contributed by atoms with Crippen LogP contribution in [0.2, 0.25) is 15.1 Å². The number of halogens is 3. The molecular weight excluding hydrogens is 1810 g/mol. The zero-order valence-corrected chi connectivity index (χ0v) is 84.8. The number of carboxylic acids is 1. The molecule has 2 saturated heterocycles. The summed E-state index contributed by atoms with van der Waals surface area (Å²) in [5.74, 6) is -0.820. The predicted molar refractivity (Wildman–Crippen MR) is 542 cm³/mol. The van der Waals surface area contributed by atoms with Crippen LogP contribution in [0.5, 0.6) is 0 Å². The molecule has 1 amide bonds. The first-order valence-corrected chi connectivity index (χ1v) is 49.3. The summed E-state index contributed by atoms with van der Waals surface area (Å²) in [7, 11) is 5.96. The highest BCUT2D eigenvalue weighted by atomic mass is 35.5. The second-order valence-corrected chi connectivity index (χ2v) is 43.7. The third-order valence-corrected chi connectivity index (χ3v) is 28.6. The summed E-state index contributed by atoms with van der Waals surface area (Å²) in [6, 6.07) is 48.7. The highest BCUT2D eigenvalue weighted by Crippen LogP contribution is 2.51. The second-order valence-electron chi connectivity index (χ2n) is 39.4. The zero-order chi connectivity index (χ0) is 96.0. The van der Waals surface area contributed by atoms with Gasteiger partial charge in [0.2, 0.25) is 0 Å². The lowest BCUT2D eigenvalue weighted by Crippen LogP contribution is -2.50. The Bertz CT molecular complexity index is 7010. The van der Waals surface area contributed by atoms with E-state index in [1.165, 1.54) is 30.3 Å². The molecule has 9 aromatic carbocycles. The van der Waals surface area contributed by atoms with Crippen molar-refractivity contribution in [2.24, 2.45) is 21.1 Å². The van der Waals surface area contributed by atoms with Crippen molar-refractivity contribution in [1.29, 1.82) is 0 Å². The van der Waals surface area contributed by atoms with Crippen LogP contribution in [0.3, 0.4) is 0 Å². The number of ether oxygens (including phenoxy) is 6. The van der Waals surface area contributed by atoms with Gasteiger partial charge in [-0.05, 0) is 287 Å². The van der Waals surface area contributed by atoms with Crippen molar-refractivity contribution in [3.63, 3.8) is 0 Å². The van der Waals surface area contributed by atoms with E-state index in [0.29, 0.717) is 51.6 Å². The Morgan fingerprint density at radius 2 is 0.731 bits per heavy atom. The van der Waals surface area contributed by atoms with E-state index in [9.17, 15) is 24.3 Å².